The van der Waals surface area contributed by atoms with Crippen molar-refractivity contribution < 1.29 is 0 Å². The summed E-state index contributed by atoms with van der Waals surface area (Å²) in [7, 11) is 0. The van der Waals surface area contributed by atoms with Gasteiger partial charge in [0.2, 0.25) is 0 Å². The van der Waals surface area contributed by atoms with Gasteiger partial charge in [0.1, 0.15) is 0 Å². The Kier molecular flexibility index (Phi) is 3.08. The van der Waals surface area contributed by atoms with Crippen molar-refractivity contribution in [3.63, 3.8) is 0 Å². The summed E-state index contributed by atoms with van der Waals surface area (Å²) in [6.07, 6.45) is 9.92. The fourth-order valence-electron chi connectivity index (χ4n) is 2.78. The molecule has 0 saturated heterocycles. The van der Waals surface area contributed by atoms with Gasteiger partial charge in [0, 0.05) is 5.41 Å². The fourth-order valence-corrected chi connectivity index (χ4v) is 2.78. The van der Waals surface area contributed by atoms with E-state index in [1.807, 2.05) is 0 Å². The molecule has 1 aliphatic rings. The zero-order chi connectivity index (χ0) is 13.1. The molecule has 2 aromatic rings. The number of allylic oxidation sites excluding steroid dienone is 4. The molecule has 0 N–H and O–H groups in total. The van der Waals surface area contributed by atoms with Crippen molar-refractivity contribution in [2.45, 2.75) is 18.8 Å². The van der Waals surface area contributed by atoms with E-state index >= 15 is 0 Å². The van der Waals surface area contributed by atoms with E-state index in [-0.39, 0.29) is 5.41 Å². The van der Waals surface area contributed by atoms with E-state index in [2.05, 4.69) is 85.8 Å². The van der Waals surface area contributed by atoms with Crippen molar-refractivity contribution in [3.8, 4) is 11.1 Å². The summed E-state index contributed by atoms with van der Waals surface area (Å²) >= 11 is 0. The highest BCUT2D eigenvalue weighted by Crippen LogP contribution is 2.38. The average Bonchev–Trinajstić information content (AvgIpc) is 2.49. The molecular weight excluding hydrogens is 228 g/mol. The second-order valence-corrected chi connectivity index (χ2v) is 5.32. The van der Waals surface area contributed by atoms with Crippen molar-refractivity contribution in [1.29, 1.82) is 0 Å². The van der Waals surface area contributed by atoms with Crippen LogP contribution in [0.1, 0.15) is 18.9 Å². The largest absolute Gasteiger partial charge is 0.0834 e. The molecule has 0 aliphatic heterocycles. The molecule has 0 radical (unpaired) electrons. The molecule has 0 nitrogen and oxygen atoms in total. The molecule has 1 aliphatic carbocycles. The fraction of sp³-hybridized carbons (Fsp3) is 0.158. The predicted octanol–water partition coefficient (Wildman–Crippen LogP) is 5.13. The monoisotopic (exact) mass is 246 g/mol. The maximum Gasteiger partial charge on any atom is 0.0147 e. The molecule has 2 aromatic carbocycles. The second kappa shape index (κ2) is 4.89. The topological polar surface area (TPSA) is 0 Å². The van der Waals surface area contributed by atoms with Gasteiger partial charge in [-0.25, -0.2) is 0 Å². The number of rotatable bonds is 2. The molecule has 19 heavy (non-hydrogen) atoms. The maximum absolute atomic E-state index is 2.31. The Bertz CT molecular complexity index is 619. The molecule has 0 heteroatoms. The SMILES string of the molecule is CC1(c2ccccc2-c2ccccc2)C=CC=CC1. The van der Waals surface area contributed by atoms with Crippen LogP contribution in [-0.4, -0.2) is 0 Å². The first kappa shape index (κ1) is 12.0. The van der Waals surface area contributed by atoms with Crippen LogP contribution in [-0.2, 0) is 5.41 Å². The van der Waals surface area contributed by atoms with Gasteiger partial charge in [-0.2, -0.15) is 0 Å². The average molecular weight is 246 g/mol. The Balaban J connectivity index is 2.13. The quantitative estimate of drug-likeness (QED) is 0.689. The lowest BCUT2D eigenvalue weighted by molar-refractivity contribution is 0.601. The van der Waals surface area contributed by atoms with Crippen molar-refractivity contribution >= 4 is 0 Å². The van der Waals surface area contributed by atoms with Crippen LogP contribution in [0.25, 0.3) is 11.1 Å². The minimum Gasteiger partial charge on any atom is -0.0834 e. The van der Waals surface area contributed by atoms with Crippen LogP contribution < -0.4 is 0 Å². The van der Waals surface area contributed by atoms with Gasteiger partial charge >= 0.3 is 0 Å². The summed E-state index contributed by atoms with van der Waals surface area (Å²) in [6, 6.07) is 19.4. The van der Waals surface area contributed by atoms with Gasteiger partial charge in [-0.3, -0.25) is 0 Å². The van der Waals surface area contributed by atoms with Crippen LogP contribution in [0.4, 0.5) is 0 Å². The first-order chi connectivity index (χ1) is 9.30. The van der Waals surface area contributed by atoms with Crippen LogP contribution in [0.2, 0.25) is 0 Å². The molecule has 0 amide bonds. The van der Waals surface area contributed by atoms with Gasteiger partial charge in [0.25, 0.3) is 0 Å². The Morgan fingerprint density at radius 3 is 2.32 bits per heavy atom. The van der Waals surface area contributed by atoms with Gasteiger partial charge in [-0.15, -0.1) is 0 Å². The van der Waals surface area contributed by atoms with E-state index in [0.29, 0.717) is 0 Å². The Hall–Kier alpha value is -2.08. The summed E-state index contributed by atoms with van der Waals surface area (Å²) in [5, 5.41) is 0. The second-order valence-electron chi connectivity index (χ2n) is 5.32. The molecule has 94 valence electrons. The minimum absolute atomic E-state index is 0.0984. The Morgan fingerprint density at radius 2 is 1.58 bits per heavy atom. The van der Waals surface area contributed by atoms with Crippen LogP contribution >= 0.6 is 0 Å². The highest BCUT2D eigenvalue weighted by atomic mass is 14.3. The molecule has 1 unspecified atom stereocenters. The van der Waals surface area contributed by atoms with E-state index in [4.69, 9.17) is 0 Å². The van der Waals surface area contributed by atoms with E-state index in [9.17, 15) is 0 Å². The van der Waals surface area contributed by atoms with E-state index in [1.54, 1.807) is 0 Å². The summed E-state index contributed by atoms with van der Waals surface area (Å²) in [5.74, 6) is 0. The zero-order valence-electron chi connectivity index (χ0n) is 11.2. The molecule has 0 fully saturated rings. The first-order valence-corrected chi connectivity index (χ1v) is 6.79. The standard InChI is InChI=1S/C19H18/c1-19(14-8-3-9-15-19)18-13-7-6-12-17(18)16-10-4-2-5-11-16/h2-14H,15H2,1H3. The van der Waals surface area contributed by atoms with Gasteiger partial charge in [-0.1, -0.05) is 85.8 Å². The van der Waals surface area contributed by atoms with E-state index in [1.165, 1.54) is 16.7 Å². The van der Waals surface area contributed by atoms with Crippen molar-refractivity contribution in [2.75, 3.05) is 0 Å². The van der Waals surface area contributed by atoms with Crippen LogP contribution in [0, 0.1) is 0 Å². The molecular formula is C19H18. The van der Waals surface area contributed by atoms with Crippen LogP contribution in [0.5, 0.6) is 0 Å². The van der Waals surface area contributed by atoms with Gasteiger partial charge in [-0.05, 0) is 23.1 Å². The molecule has 0 bridgehead atoms. The molecule has 0 heterocycles. The van der Waals surface area contributed by atoms with Crippen molar-refractivity contribution in [1.82, 2.24) is 0 Å². The molecule has 0 spiro atoms. The third kappa shape index (κ3) is 2.26. The number of hydrogen-bond acceptors (Lipinski definition) is 0. The molecule has 1 atom stereocenters. The Labute approximate surface area is 115 Å². The number of hydrogen-bond donors (Lipinski definition) is 0. The number of benzene rings is 2. The van der Waals surface area contributed by atoms with Gasteiger partial charge in [0.05, 0.1) is 0 Å². The summed E-state index contributed by atoms with van der Waals surface area (Å²) in [5.41, 5.74) is 4.14. The first-order valence-electron chi connectivity index (χ1n) is 6.79. The smallest absolute Gasteiger partial charge is 0.0147 e. The third-order valence-electron chi connectivity index (χ3n) is 3.88. The van der Waals surface area contributed by atoms with Crippen molar-refractivity contribution in [2.24, 2.45) is 0 Å². The van der Waals surface area contributed by atoms with E-state index < -0.39 is 0 Å². The lowest BCUT2D eigenvalue weighted by atomic mass is 9.74. The van der Waals surface area contributed by atoms with Crippen LogP contribution in [0.3, 0.4) is 0 Å². The third-order valence-corrected chi connectivity index (χ3v) is 3.88. The van der Waals surface area contributed by atoms with Gasteiger partial charge in [0.15, 0.2) is 0 Å². The lowest BCUT2D eigenvalue weighted by Crippen LogP contribution is -2.20. The Morgan fingerprint density at radius 1 is 0.842 bits per heavy atom. The lowest BCUT2D eigenvalue weighted by Gasteiger charge is -2.29. The molecule has 0 saturated carbocycles. The summed E-state index contributed by atoms with van der Waals surface area (Å²) in [6.45, 7) is 2.31. The molecule has 3 rings (SSSR count). The summed E-state index contributed by atoms with van der Waals surface area (Å²) in [4.78, 5) is 0. The highest BCUT2D eigenvalue weighted by molar-refractivity contribution is 5.69. The molecule has 0 aromatic heterocycles. The normalized spacial score (nSPS) is 21.5. The predicted molar refractivity (Wildman–Crippen MR) is 82.1 cm³/mol. The van der Waals surface area contributed by atoms with Gasteiger partial charge < -0.3 is 0 Å². The maximum atomic E-state index is 2.31. The van der Waals surface area contributed by atoms with Crippen molar-refractivity contribution in [3.05, 3.63) is 84.5 Å². The zero-order valence-corrected chi connectivity index (χ0v) is 11.2. The van der Waals surface area contributed by atoms with E-state index in [0.717, 1.165) is 6.42 Å². The highest BCUT2D eigenvalue weighted by Gasteiger charge is 2.26. The van der Waals surface area contributed by atoms with Crippen LogP contribution in [0.15, 0.2) is 78.9 Å². The minimum atomic E-state index is 0.0984. The summed E-state index contributed by atoms with van der Waals surface area (Å²) < 4.78 is 0.